The lowest BCUT2D eigenvalue weighted by Gasteiger charge is -2.10. The molecule has 0 aromatic heterocycles. The summed E-state index contributed by atoms with van der Waals surface area (Å²) in [6, 6.07) is 0. The third-order valence-electron chi connectivity index (χ3n) is 1.52. The first-order valence-electron chi connectivity index (χ1n) is 4.99. The second-order valence-electron chi connectivity index (χ2n) is 3.15. The highest BCUT2D eigenvalue weighted by molar-refractivity contribution is 6.03. The van der Waals surface area contributed by atoms with Crippen LogP contribution >= 0.6 is 0 Å². The summed E-state index contributed by atoms with van der Waals surface area (Å²) in [5.74, 6) is -0.630. The van der Waals surface area contributed by atoms with Crippen LogP contribution in [0.4, 0.5) is 22.4 Å². The van der Waals surface area contributed by atoms with Crippen LogP contribution in [0.2, 0.25) is 0 Å². The van der Waals surface area contributed by atoms with Crippen molar-refractivity contribution >= 4 is 11.8 Å². The summed E-state index contributed by atoms with van der Waals surface area (Å²) >= 11 is 0. The molecule has 0 aromatic rings. The molecule has 0 fully saturated rings. The van der Waals surface area contributed by atoms with E-state index in [1.807, 2.05) is 0 Å². The number of carbonyl (C=O) groups is 1. The predicted octanol–water partition coefficient (Wildman–Crippen LogP) is 3.38. The largest absolute Gasteiger partial charge is 0.572 e. The average Bonchev–Trinajstić information content (AvgIpc) is 2.13. The number of aliphatic imine (C=N–C) groups is 1. The lowest BCUT2D eigenvalue weighted by molar-refractivity contribution is -0.305. The first kappa shape index (κ1) is 16.4. The quantitative estimate of drug-likeness (QED) is 0.447. The highest BCUT2D eigenvalue weighted by Gasteiger charge is 2.31. The Balaban J connectivity index is 4.92. The van der Waals surface area contributed by atoms with Gasteiger partial charge in [-0.15, -0.1) is 13.2 Å². The van der Waals surface area contributed by atoms with Crippen LogP contribution in [0.15, 0.2) is 16.8 Å². The Hall–Kier alpha value is -1.60. The molecule has 0 N–H and O–H groups in total. The van der Waals surface area contributed by atoms with Gasteiger partial charge in [0.05, 0.1) is 12.3 Å². The Morgan fingerprint density at radius 2 is 2.00 bits per heavy atom. The number of alkyl halides is 4. The second-order valence-corrected chi connectivity index (χ2v) is 3.15. The van der Waals surface area contributed by atoms with Gasteiger partial charge in [-0.2, -0.15) is 4.99 Å². The van der Waals surface area contributed by atoms with Gasteiger partial charge >= 0.3 is 12.5 Å². The van der Waals surface area contributed by atoms with Crippen molar-refractivity contribution in [3.63, 3.8) is 0 Å². The van der Waals surface area contributed by atoms with E-state index in [4.69, 9.17) is 0 Å². The molecule has 0 spiro atoms. The van der Waals surface area contributed by atoms with Gasteiger partial charge in [0, 0.05) is 6.08 Å². The molecule has 0 aromatic carbocycles. The van der Waals surface area contributed by atoms with Crippen molar-refractivity contribution < 1.29 is 31.8 Å². The first-order valence-corrected chi connectivity index (χ1v) is 4.99. The highest BCUT2D eigenvalue weighted by atomic mass is 19.4. The van der Waals surface area contributed by atoms with E-state index in [0.29, 0.717) is 6.08 Å². The molecule has 0 aliphatic carbocycles. The molecule has 1 amide bonds. The van der Waals surface area contributed by atoms with Crippen molar-refractivity contribution in [3.8, 4) is 0 Å². The standard InChI is InChI=1S/C10H13F4NO3/c1-4-17-9(16)15-8(7(3)11)5-6(2)18-10(12,13)14/h5,7H,4H2,1-3H3/b6-5+,15-8?. The van der Waals surface area contributed by atoms with Crippen molar-refractivity contribution in [2.24, 2.45) is 4.99 Å². The van der Waals surface area contributed by atoms with E-state index in [-0.39, 0.29) is 6.61 Å². The van der Waals surface area contributed by atoms with E-state index >= 15 is 0 Å². The van der Waals surface area contributed by atoms with Crippen molar-refractivity contribution in [3.05, 3.63) is 11.8 Å². The maximum absolute atomic E-state index is 13.0. The van der Waals surface area contributed by atoms with Gasteiger partial charge < -0.3 is 9.47 Å². The maximum Gasteiger partial charge on any atom is 0.572 e. The van der Waals surface area contributed by atoms with Gasteiger partial charge in [-0.3, -0.25) is 0 Å². The monoisotopic (exact) mass is 271 g/mol. The van der Waals surface area contributed by atoms with Gasteiger partial charge in [0.25, 0.3) is 0 Å². The number of nitrogens with zero attached hydrogens (tertiary/aromatic N) is 1. The summed E-state index contributed by atoms with van der Waals surface area (Å²) in [7, 11) is 0. The molecule has 1 unspecified atom stereocenters. The van der Waals surface area contributed by atoms with E-state index in [1.165, 1.54) is 6.92 Å². The predicted molar refractivity (Wildman–Crippen MR) is 55.9 cm³/mol. The van der Waals surface area contributed by atoms with Crippen LogP contribution in [-0.4, -0.2) is 30.9 Å². The summed E-state index contributed by atoms with van der Waals surface area (Å²) in [6.45, 7) is 3.53. The molecule has 0 saturated heterocycles. The Morgan fingerprint density at radius 1 is 1.44 bits per heavy atom. The van der Waals surface area contributed by atoms with Gasteiger partial charge in [0.1, 0.15) is 11.9 Å². The van der Waals surface area contributed by atoms with Crippen LogP contribution in [0.5, 0.6) is 0 Å². The van der Waals surface area contributed by atoms with Crippen molar-refractivity contribution in [2.45, 2.75) is 33.3 Å². The number of halogens is 4. The lowest BCUT2D eigenvalue weighted by Crippen LogP contribution is -2.16. The number of amides is 1. The molecule has 0 heterocycles. The molecule has 104 valence electrons. The van der Waals surface area contributed by atoms with E-state index < -0.39 is 30.1 Å². The molecule has 0 bridgehead atoms. The molecule has 18 heavy (non-hydrogen) atoms. The average molecular weight is 271 g/mol. The molecule has 4 nitrogen and oxygen atoms in total. The zero-order valence-electron chi connectivity index (χ0n) is 10.0. The van der Waals surface area contributed by atoms with Crippen LogP contribution in [0.3, 0.4) is 0 Å². The fourth-order valence-electron chi connectivity index (χ4n) is 0.917. The fourth-order valence-corrected chi connectivity index (χ4v) is 0.917. The fraction of sp³-hybridized carbons (Fsp3) is 0.600. The topological polar surface area (TPSA) is 47.9 Å². The highest BCUT2D eigenvalue weighted by Crippen LogP contribution is 2.20. The lowest BCUT2D eigenvalue weighted by atomic mass is 10.2. The molecule has 1 atom stereocenters. The number of carbonyl (C=O) groups excluding carboxylic acids is 1. The van der Waals surface area contributed by atoms with Crippen molar-refractivity contribution in [1.29, 1.82) is 0 Å². The normalized spacial score (nSPS) is 15.3. The van der Waals surface area contributed by atoms with Crippen LogP contribution in [-0.2, 0) is 9.47 Å². The zero-order chi connectivity index (χ0) is 14.3. The number of ether oxygens (including phenoxy) is 2. The van der Waals surface area contributed by atoms with Crippen LogP contribution in [0, 0.1) is 0 Å². The SMILES string of the molecule is CCOC(=O)N=C(/C=C(\C)OC(F)(F)F)C(C)F. The summed E-state index contributed by atoms with van der Waals surface area (Å²) in [5.41, 5.74) is -0.504. The number of hydrogen-bond acceptors (Lipinski definition) is 3. The molecule has 0 aliphatic heterocycles. The minimum Gasteiger partial charge on any atom is -0.448 e. The molecular weight excluding hydrogens is 258 g/mol. The number of allylic oxidation sites excluding steroid dienone is 2. The second kappa shape index (κ2) is 6.97. The third-order valence-corrected chi connectivity index (χ3v) is 1.52. The molecule has 0 aliphatic rings. The van der Waals surface area contributed by atoms with Gasteiger partial charge in [0.15, 0.2) is 0 Å². The van der Waals surface area contributed by atoms with Crippen LogP contribution in [0.25, 0.3) is 0 Å². The summed E-state index contributed by atoms with van der Waals surface area (Å²) < 4.78 is 56.5. The van der Waals surface area contributed by atoms with E-state index in [1.54, 1.807) is 0 Å². The molecule has 0 saturated carbocycles. The summed E-state index contributed by atoms with van der Waals surface area (Å²) in [5, 5.41) is 0. The Labute approximate surface area is 101 Å². The third kappa shape index (κ3) is 7.64. The molecular formula is C10H13F4NO3. The van der Waals surface area contributed by atoms with E-state index in [9.17, 15) is 22.4 Å². The molecule has 8 heteroatoms. The van der Waals surface area contributed by atoms with Crippen LogP contribution < -0.4 is 0 Å². The number of rotatable bonds is 4. The Kier molecular flexibility index (Phi) is 6.35. The van der Waals surface area contributed by atoms with Gasteiger partial charge in [-0.25, -0.2) is 9.18 Å². The Morgan fingerprint density at radius 3 is 2.39 bits per heavy atom. The van der Waals surface area contributed by atoms with Crippen LogP contribution in [0.1, 0.15) is 20.8 Å². The first-order chi connectivity index (χ1) is 8.15. The van der Waals surface area contributed by atoms with Crippen molar-refractivity contribution in [2.75, 3.05) is 6.61 Å². The van der Waals surface area contributed by atoms with E-state index in [0.717, 1.165) is 13.8 Å². The number of hydrogen-bond donors (Lipinski definition) is 0. The van der Waals surface area contributed by atoms with Gasteiger partial charge in [0.2, 0.25) is 0 Å². The van der Waals surface area contributed by atoms with Gasteiger partial charge in [-0.1, -0.05) is 0 Å². The minimum absolute atomic E-state index is 0.0258. The smallest absolute Gasteiger partial charge is 0.448 e. The van der Waals surface area contributed by atoms with Gasteiger partial charge in [-0.05, 0) is 20.8 Å². The van der Waals surface area contributed by atoms with Crippen molar-refractivity contribution in [1.82, 2.24) is 0 Å². The maximum atomic E-state index is 13.0. The zero-order valence-corrected chi connectivity index (χ0v) is 10.0. The molecule has 0 rings (SSSR count). The Bertz CT molecular complexity index is 348. The minimum atomic E-state index is -4.88. The summed E-state index contributed by atoms with van der Waals surface area (Å²) in [6.07, 6.45) is -7.00. The summed E-state index contributed by atoms with van der Waals surface area (Å²) in [4.78, 5) is 14.1. The van der Waals surface area contributed by atoms with E-state index in [2.05, 4.69) is 14.5 Å². The molecule has 0 radical (unpaired) electrons.